The molecule has 1 atom stereocenters. The van der Waals surface area contributed by atoms with E-state index >= 15 is 0 Å². The minimum Gasteiger partial charge on any atom is -0.343 e. The summed E-state index contributed by atoms with van der Waals surface area (Å²) >= 11 is 1.66. The summed E-state index contributed by atoms with van der Waals surface area (Å²) in [5.74, 6) is 0.939. The van der Waals surface area contributed by atoms with Crippen molar-refractivity contribution >= 4 is 28.3 Å². The highest BCUT2D eigenvalue weighted by Crippen LogP contribution is 2.34. The molecule has 24 heavy (non-hydrogen) atoms. The summed E-state index contributed by atoms with van der Waals surface area (Å²) in [4.78, 5) is 31.7. The van der Waals surface area contributed by atoms with Gasteiger partial charge in [0.25, 0.3) is 0 Å². The first kappa shape index (κ1) is 17.4. The van der Waals surface area contributed by atoms with E-state index in [1.807, 2.05) is 4.90 Å². The lowest BCUT2D eigenvalue weighted by molar-refractivity contribution is -0.132. The Morgan fingerprint density at radius 2 is 2.04 bits per heavy atom. The van der Waals surface area contributed by atoms with Gasteiger partial charge in [-0.05, 0) is 38.0 Å². The monoisotopic (exact) mass is 349 g/mol. The van der Waals surface area contributed by atoms with Crippen molar-refractivity contribution in [3.63, 3.8) is 0 Å². The van der Waals surface area contributed by atoms with Gasteiger partial charge >= 0.3 is 0 Å². The van der Waals surface area contributed by atoms with Crippen molar-refractivity contribution < 1.29 is 9.59 Å². The van der Waals surface area contributed by atoms with E-state index in [-0.39, 0.29) is 17.7 Å². The molecule has 0 radical (unpaired) electrons. The molecule has 0 spiro atoms. The van der Waals surface area contributed by atoms with Crippen LogP contribution in [0.5, 0.6) is 0 Å². The molecular formula is C18H27N3O2S. The van der Waals surface area contributed by atoms with E-state index in [0.29, 0.717) is 13.1 Å². The number of carbonyl (C=O) groups is 2. The van der Waals surface area contributed by atoms with Crippen molar-refractivity contribution in [2.75, 3.05) is 18.4 Å². The summed E-state index contributed by atoms with van der Waals surface area (Å²) < 4.78 is 0. The number of hydrogen-bond donors (Lipinski definition) is 1. The second kappa shape index (κ2) is 7.64. The second-order valence-corrected chi connectivity index (χ2v) is 8.14. The standard InChI is InChI=1S/C18H27N3O2S/c1-3-4-13-5-6-15-16(11-13)24-18(19-15)20-17(23)14-7-9-21(10-8-14)12(2)22/h13-14H,3-11H2,1-2H3,(H,19,20,23). The lowest BCUT2D eigenvalue weighted by atomic mass is 9.88. The number of amides is 2. The Hall–Kier alpha value is -1.43. The van der Waals surface area contributed by atoms with Gasteiger partial charge in [-0.3, -0.25) is 9.59 Å². The molecule has 0 saturated carbocycles. The van der Waals surface area contributed by atoms with E-state index < -0.39 is 0 Å². The number of fused-ring (bicyclic) bond motifs is 1. The Kier molecular flexibility index (Phi) is 5.54. The number of nitrogens with one attached hydrogen (secondary N) is 1. The molecule has 1 aromatic rings. The smallest absolute Gasteiger partial charge is 0.229 e. The van der Waals surface area contributed by atoms with Gasteiger partial charge in [-0.25, -0.2) is 4.98 Å². The van der Waals surface area contributed by atoms with Crippen molar-refractivity contribution in [1.29, 1.82) is 0 Å². The van der Waals surface area contributed by atoms with Crippen LogP contribution in [0.25, 0.3) is 0 Å². The number of anilines is 1. The van der Waals surface area contributed by atoms with Crippen molar-refractivity contribution in [2.45, 2.75) is 58.8 Å². The largest absolute Gasteiger partial charge is 0.343 e. The molecule has 1 saturated heterocycles. The Balaban J connectivity index is 1.55. The predicted octanol–water partition coefficient (Wildman–Crippen LogP) is 3.25. The SMILES string of the molecule is CCCC1CCc2nc(NC(=O)C3CCN(C(C)=O)CC3)sc2C1. The number of piperidine rings is 1. The predicted molar refractivity (Wildman–Crippen MR) is 96.1 cm³/mol. The third kappa shape index (κ3) is 3.97. The summed E-state index contributed by atoms with van der Waals surface area (Å²) in [5.41, 5.74) is 1.19. The van der Waals surface area contributed by atoms with Crippen LogP contribution in [0.2, 0.25) is 0 Å². The van der Waals surface area contributed by atoms with Gasteiger partial charge in [-0.15, -0.1) is 11.3 Å². The molecule has 3 rings (SSSR count). The average molecular weight is 350 g/mol. The Morgan fingerprint density at radius 3 is 2.71 bits per heavy atom. The molecule has 2 heterocycles. The number of likely N-dealkylation sites (tertiary alicyclic amines) is 1. The number of carbonyl (C=O) groups excluding carboxylic acids is 2. The minimum atomic E-state index is -0.00521. The van der Waals surface area contributed by atoms with Crippen molar-refractivity contribution in [3.8, 4) is 0 Å². The van der Waals surface area contributed by atoms with E-state index in [1.165, 1.54) is 29.8 Å². The zero-order valence-corrected chi connectivity index (χ0v) is 15.5. The fourth-order valence-electron chi connectivity index (χ4n) is 3.82. The first-order chi connectivity index (χ1) is 11.6. The number of aryl methyl sites for hydroxylation is 1. The first-order valence-electron chi connectivity index (χ1n) is 9.11. The summed E-state index contributed by atoms with van der Waals surface area (Å²) in [6, 6.07) is 0. The molecule has 0 bridgehead atoms. The van der Waals surface area contributed by atoms with Gasteiger partial charge in [0.05, 0.1) is 5.69 Å². The number of rotatable bonds is 4. The fraction of sp³-hybridized carbons (Fsp3) is 0.722. The first-order valence-corrected chi connectivity index (χ1v) is 9.93. The molecule has 1 aromatic heterocycles. The van der Waals surface area contributed by atoms with Gasteiger partial charge in [0.2, 0.25) is 11.8 Å². The molecular weight excluding hydrogens is 322 g/mol. The summed E-state index contributed by atoms with van der Waals surface area (Å²) in [6.45, 7) is 5.19. The molecule has 5 nitrogen and oxygen atoms in total. The maximum Gasteiger partial charge on any atom is 0.229 e. The maximum atomic E-state index is 12.5. The van der Waals surface area contributed by atoms with E-state index in [9.17, 15) is 9.59 Å². The maximum absolute atomic E-state index is 12.5. The molecule has 2 amide bonds. The van der Waals surface area contributed by atoms with Gasteiger partial charge in [0, 0.05) is 30.8 Å². The second-order valence-electron chi connectivity index (χ2n) is 7.06. The quantitative estimate of drug-likeness (QED) is 0.907. The summed E-state index contributed by atoms with van der Waals surface area (Å²) in [5, 5.41) is 3.79. The van der Waals surface area contributed by atoms with Crippen molar-refractivity contribution in [3.05, 3.63) is 10.6 Å². The Bertz CT molecular complexity index is 605. The summed E-state index contributed by atoms with van der Waals surface area (Å²) in [6.07, 6.45) is 7.40. The number of aromatic nitrogens is 1. The highest BCUT2D eigenvalue weighted by molar-refractivity contribution is 7.15. The zero-order valence-electron chi connectivity index (χ0n) is 14.6. The van der Waals surface area contributed by atoms with Crippen LogP contribution in [0.3, 0.4) is 0 Å². The van der Waals surface area contributed by atoms with E-state index in [2.05, 4.69) is 17.2 Å². The van der Waals surface area contributed by atoms with Gasteiger partial charge < -0.3 is 10.2 Å². The number of nitrogens with zero attached hydrogens (tertiary/aromatic N) is 2. The number of hydrogen-bond acceptors (Lipinski definition) is 4. The van der Waals surface area contributed by atoms with Crippen LogP contribution in [0.4, 0.5) is 5.13 Å². The highest BCUT2D eigenvalue weighted by atomic mass is 32.1. The molecule has 1 unspecified atom stereocenters. The molecule has 132 valence electrons. The number of thiazole rings is 1. The molecule has 1 aliphatic carbocycles. The molecule has 1 N–H and O–H groups in total. The Morgan fingerprint density at radius 1 is 1.29 bits per heavy atom. The van der Waals surface area contributed by atoms with Gasteiger partial charge in [0.15, 0.2) is 5.13 Å². The van der Waals surface area contributed by atoms with E-state index in [1.54, 1.807) is 18.3 Å². The van der Waals surface area contributed by atoms with Crippen LogP contribution in [-0.2, 0) is 22.4 Å². The van der Waals surface area contributed by atoms with Crippen LogP contribution in [0, 0.1) is 11.8 Å². The van der Waals surface area contributed by atoms with E-state index in [0.717, 1.165) is 36.7 Å². The fourth-order valence-corrected chi connectivity index (χ4v) is 4.94. The third-order valence-electron chi connectivity index (χ3n) is 5.28. The zero-order chi connectivity index (χ0) is 17.1. The van der Waals surface area contributed by atoms with Crippen molar-refractivity contribution in [2.24, 2.45) is 11.8 Å². The minimum absolute atomic E-state index is 0.00521. The Labute approximate surface area is 147 Å². The van der Waals surface area contributed by atoms with Crippen LogP contribution in [0.15, 0.2) is 0 Å². The van der Waals surface area contributed by atoms with Crippen LogP contribution in [-0.4, -0.2) is 34.8 Å². The molecule has 6 heteroatoms. The van der Waals surface area contributed by atoms with Gasteiger partial charge in [-0.1, -0.05) is 19.8 Å². The third-order valence-corrected chi connectivity index (χ3v) is 6.32. The average Bonchev–Trinajstić information content (AvgIpc) is 2.96. The molecule has 0 aromatic carbocycles. The molecule has 1 aliphatic heterocycles. The van der Waals surface area contributed by atoms with Gasteiger partial charge in [-0.2, -0.15) is 0 Å². The van der Waals surface area contributed by atoms with Crippen molar-refractivity contribution in [1.82, 2.24) is 9.88 Å². The normalized spacial score (nSPS) is 21.4. The van der Waals surface area contributed by atoms with E-state index in [4.69, 9.17) is 0 Å². The van der Waals surface area contributed by atoms with Crippen LogP contribution >= 0.6 is 11.3 Å². The lowest BCUT2D eigenvalue weighted by Gasteiger charge is -2.30. The van der Waals surface area contributed by atoms with Crippen LogP contribution < -0.4 is 5.32 Å². The van der Waals surface area contributed by atoms with Crippen LogP contribution in [0.1, 0.15) is 56.5 Å². The lowest BCUT2D eigenvalue weighted by Crippen LogP contribution is -2.40. The molecule has 2 aliphatic rings. The topological polar surface area (TPSA) is 62.3 Å². The summed E-state index contributed by atoms with van der Waals surface area (Å²) in [7, 11) is 0. The highest BCUT2D eigenvalue weighted by Gasteiger charge is 2.27. The molecule has 1 fully saturated rings. The van der Waals surface area contributed by atoms with Gasteiger partial charge in [0.1, 0.15) is 0 Å².